The third kappa shape index (κ3) is 3.10. The van der Waals surface area contributed by atoms with Crippen molar-refractivity contribution in [1.82, 2.24) is 9.78 Å². The molecule has 0 atom stereocenters. The summed E-state index contributed by atoms with van der Waals surface area (Å²) in [4.78, 5) is 11.7. The van der Waals surface area contributed by atoms with Crippen molar-refractivity contribution in [3.05, 3.63) is 40.7 Å². The van der Waals surface area contributed by atoms with E-state index in [1.165, 1.54) is 0 Å². The molecule has 6 nitrogen and oxygen atoms in total. The molecule has 1 aromatic heterocycles. The summed E-state index contributed by atoms with van der Waals surface area (Å²) in [5.74, 6) is 1.21. The standard InChI is InChI=1S/C19H22N4O2/c1-11-7-14(8-12(2)15(11)9-20)25-16-10-23(19(3,4)18(21)24)22-17(16)13-5-6-13/h7-8,10,13H,5-6H2,1-4H3,(H2,21,24). The Labute approximate surface area is 147 Å². The summed E-state index contributed by atoms with van der Waals surface area (Å²) in [5.41, 5.74) is 7.84. The quantitative estimate of drug-likeness (QED) is 0.905. The number of nitrogens with zero attached hydrogens (tertiary/aromatic N) is 3. The summed E-state index contributed by atoms with van der Waals surface area (Å²) in [6, 6.07) is 5.90. The number of rotatable bonds is 5. The van der Waals surface area contributed by atoms with Crippen LogP contribution in [0, 0.1) is 25.2 Å². The van der Waals surface area contributed by atoms with E-state index < -0.39 is 11.4 Å². The first-order chi connectivity index (χ1) is 11.7. The number of nitrogens with two attached hydrogens (primary N) is 1. The lowest BCUT2D eigenvalue weighted by atomic mass is 10.0. The molecule has 1 aliphatic carbocycles. The SMILES string of the molecule is Cc1cc(Oc2cn(C(C)(C)C(N)=O)nc2C2CC2)cc(C)c1C#N. The van der Waals surface area contributed by atoms with Crippen LogP contribution in [0.15, 0.2) is 18.3 Å². The first-order valence-corrected chi connectivity index (χ1v) is 8.33. The van der Waals surface area contributed by atoms with Crippen molar-refractivity contribution in [3.8, 4) is 17.6 Å². The van der Waals surface area contributed by atoms with E-state index in [9.17, 15) is 10.1 Å². The van der Waals surface area contributed by atoms with Gasteiger partial charge in [-0.3, -0.25) is 9.48 Å². The van der Waals surface area contributed by atoms with Gasteiger partial charge in [-0.2, -0.15) is 10.4 Å². The van der Waals surface area contributed by atoms with Gasteiger partial charge < -0.3 is 10.5 Å². The Bertz CT molecular complexity index is 862. The van der Waals surface area contributed by atoms with Crippen molar-refractivity contribution >= 4 is 5.91 Å². The van der Waals surface area contributed by atoms with Crippen LogP contribution < -0.4 is 10.5 Å². The fourth-order valence-electron chi connectivity index (χ4n) is 2.77. The number of aromatic nitrogens is 2. The molecule has 0 saturated heterocycles. The molecule has 1 saturated carbocycles. The number of ether oxygens (including phenoxy) is 1. The van der Waals surface area contributed by atoms with Crippen LogP contribution >= 0.6 is 0 Å². The highest BCUT2D eigenvalue weighted by Gasteiger charge is 2.35. The van der Waals surface area contributed by atoms with Crippen LogP contribution in [0.3, 0.4) is 0 Å². The molecule has 1 aliphatic rings. The number of amides is 1. The molecule has 3 rings (SSSR count). The van der Waals surface area contributed by atoms with E-state index in [2.05, 4.69) is 11.2 Å². The zero-order valence-electron chi connectivity index (χ0n) is 15.0. The van der Waals surface area contributed by atoms with E-state index in [0.717, 1.165) is 29.7 Å². The van der Waals surface area contributed by atoms with E-state index in [-0.39, 0.29) is 0 Å². The molecule has 2 aromatic rings. The van der Waals surface area contributed by atoms with Gasteiger partial charge in [0.05, 0.1) is 17.8 Å². The Morgan fingerprint density at radius 1 is 1.36 bits per heavy atom. The number of primary amides is 1. The van der Waals surface area contributed by atoms with Gasteiger partial charge in [0, 0.05) is 5.92 Å². The van der Waals surface area contributed by atoms with Crippen LogP contribution in [0.1, 0.15) is 55.0 Å². The maximum absolute atomic E-state index is 11.7. The number of carbonyl (C=O) groups excluding carboxylic acids is 1. The molecule has 0 spiro atoms. The first-order valence-electron chi connectivity index (χ1n) is 8.33. The maximum Gasteiger partial charge on any atom is 0.244 e. The van der Waals surface area contributed by atoms with Gasteiger partial charge in [-0.15, -0.1) is 0 Å². The number of carbonyl (C=O) groups is 1. The minimum absolute atomic E-state index is 0.362. The molecule has 130 valence electrons. The van der Waals surface area contributed by atoms with E-state index in [1.807, 2.05) is 26.0 Å². The van der Waals surface area contributed by atoms with Gasteiger partial charge >= 0.3 is 0 Å². The van der Waals surface area contributed by atoms with Crippen molar-refractivity contribution < 1.29 is 9.53 Å². The summed E-state index contributed by atoms with van der Waals surface area (Å²) in [6.07, 6.45) is 3.87. The summed E-state index contributed by atoms with van der Waals surface area (Å²) in [5, 5.41) is 13.8. The van der Waals surface area contributed by atoms with Gasteiger partial charge in [-0.1, -0.05) is 0 Å². The number of hydrogen-bond donors (Lipinski definition) is 1. The Hall–Kier alpha value is -2.81. The average Bonchev–Trinajstić information content (AvgIpc) is 3.27. The fraction of sp³-hybridized carbons (Fsp3) is 0.421. The van der Waals surface area contributed by atoms with Crippen molar-refractivity contribution in [2.45, 2.75) is 52.0 Å². The van der Waals surface area contributed by atoms with Crippen LogP contribution in [-0.2, 0) is 10.3 Å². The second-order valence-corrected chi connectivity index (χ2v) is 7.17. The zero-order chi connectivity index (χ0) is 18.4. The molecule has 1 heterocycles. The van der Waals surface area contributed by atoms with E-state index >= 15 is 0 Å². The highest BCUT2D eigenvalue weighted by Crippen LogP contribution is 2.45. The van der Waals surface area contributed by atoms with Crippen LogP contribution in [-0.4, -0.2) is 15.7 Å². The first kappa shape index (κ1) is 17.0. The monoisotopic (exact) mass is 338 g/mol. The molecular formula is C19H22N4O2. The molecule has 2 N–H and O–H groups in total. The van der Waals surface area contributed by atoms with Crippen molar-refractivity contribution in [2.75, 3.05) is 0 Å². The van der Waals surface area contributed by atoms with E-state index in [0.29, 0.717) is 23.0 Å². The highest BCUT2D eigenvalue weighted by atomic mass is 16.5. The molecule has 1 aromatic carbocycles. The van der Waals surface area contributed by atoms with Gasteiger partial charge in [0.25, 0.3) is 0 Å². The topological polar surface area (TPSA) is 93.9 Å². The molecule has 1 amide bonds. The zero-order valence-corrected chi connectivity index (χ0v) is 15.0. The maximum atomic E-state index is 11.7. The number of hydrogen-bond acceptors (Lipinski definition) is 4. The third-order valence-corrected chi connectivity index (χ3v) is 4.69. The summed E-state index contributed by atoms with van der Waals surface area (Å²) in [6.45, 7) is 7.25. The Morgan fingerprint density at radius 2 is 1.96 bits per heavy atom. The summed E-state index contributed by atoms with van der Waals surface area (Å²) < 4.78 is 7.67. The second-order valence-electron chi connectivity index (χ2n) is 7.17. The molecule has 0 radical (unpaired) electrons. The van der Waals surface area contributed by atoms with Gasteiger partial charge in [-0.05, 0) is 63.8 Å². The van der Waals surface area contributed by atoms with Gasteiger partial charge in [0.2, 0.25) is 5.91 Å². The predicted molar refractivity (Wildman–Crippen MR) is 93.4 cm³/mol. The van der Waals surface area contributed by atoms with Gasteiger partial charge in [0.15, 0.2) is 5.75 Å². The number of aryl methyl sites for hydroxylation is 2. The Kier molecular flexibility index (Phi) is 4.03. The van der Waals surface area contributed by atoms with Crippen LogP contribution in [0.25, 0.3) is 0 Å². The summed E-state index contributed by atoms with van der Waals surface area (Å²) >= 11 is 0. The lowest BCUT2D eigenvalue weighted by molar-refractivity contribution is -0.125. The van der Waals surface area contributed by atoms with Crippen molar-refractivity contribution in [2.24, 2.45) is 5.73 Å². The number of nitriles is 1. The second kappa shape index (κ2) is 5.92. The lowest BCUT2D eigenvalue weighted by Crippen LogP contribution is -2.41. The lowest BCUT2D eigenvalue weighted by Gasteiger charge is -2.20. The Morgan fingerprint density at radius 3 is 2.44 bits per heavy atom. The van der Waals surface area contributed by atoms with E-state index in [4.69, 9.17) is 10.5 Å². The highest BCUT2D eigenvalue weighted by molar-refractivity contribution is 5.81. The minimum atomic E-state index is -0.929. The smallest absolute Gasteiger partial charge is 0.244 e. The minimum Gasteiger partial charge on any atom is -0.454 e. The van der Waals surface area contributed by atoms with Crippen molar-refractivity contribution in [3.63, 3.8) is 0 Å². The average molecular weight is 338 g/mol. The summed E-state index contributed by atoms with van der Waals surface area (Å²) in [7, 11) is 0. The van der Waals surface area contributed by atoms with Crippen LogP contribution in [0.5, 0.6) is 11.5 Å². The fourth-order valence-corrected chi connectivity index (χ4v) is 2.77. The van der Waals surface area contributed by atoms with Crippen LogP contribution in [0.4, 0.5) is 0 Å². The van der Waals surface area contributed by atoms with Gasteiger partial charge in [0.1, 0.15) is 17.0 Å². The molecular weight excluding hydrogens is 316 g/mol. The molecule has 6 heteroatoms. The molecule has 25 heavy (non-hydrogen) atoms. The number of benzene rings is 1. The third-order valence-electron chi connectivity index (χ3n) is 4.69. The van der Waals surface area contributed by atoms with Gasteiger partial charge in [-0.25, -0.2) is 0 Å². The normalized spacial score (nSPS) is 14.2. The van der Waals surface area contributed by atoms with E-state index in [1.54, 1.807) is 24.7 Å². The molecule has 0 bridgehead atoms. The van der Waals surface area contributed by atoms with Crippen molar-refractivity contribution in [1.29, 1.82) is 5.26 Å². The predicted octanol–water partition coefficient (Wildman–Crippen LogP) is 3.26. The Balaban J connectivity index is 1.99. The van der Waals surface area contributed by atoms with Crippen LogP contribution in [0.2, 0.25) is 0 Å². The molecule has 0 unspecified atom stereocenters. The molecule has 1 fully saturated rings. The largest absolute Gasteiger partial charge is 0.454 e. The molecule has 0 aliphatic heterocycles.